The van der Waals surface area contributed by atoms with Gasteiger partial charge in [0, 0.05) is 30.1 Å². The molecule has 6 nitrogen and oxygen atoms in total. The minimum absolute atomic E-state index is 0.00585. The number of amides is 3. The monoisotopic (exact) mass is 367 g/mol. The van der Waals surface area contributed by atoms with Crippen molar-refractivity contribution < 1.29 is 14.0 Å². The van der Waals surface area contributed by atoms with Crippen LogP contribution in [0.1, 0.15) is 31.1 Å². The number of nitrogens with one attached hydrogen (secondary N) is 2. The molecule has 1 spiro atoms. The maximum Gasteiger partial charge on any atom is 0.321 e. The van der Waals surface area contributed by atoms with Crippen molar-refractivity contribution in [3.05, 3.63) is 54.0 Å². The maximum absolute atomic E-state index is 12.6. The largest absolute Gasteiger partial charge is 0.467 e. The summed E-state index contributed by atoms with van der Waals surface area (Å²) in [4.78, 5) is 26.8. The summed E-state index contributed by atoms with van der Waals surface area (Å²) in [5.74, 6) is 0.803. The number of urea groups is 1. The summed E-state index contributed by atoms with van der Waals surface area (Å²) < 4.78 is 5.25. The first-order chi connectivity index (χ1) is 13.1. The molecule has 6 heteroatoms. The molecule has 1 aliphatic heterocycles. The Morgan fingerprint density at radius 2 is 2.19 bits per heavy atom. The molecule has 2 aromatic rings. The Balaban J connectivity index is 1.29. The van der Waals surface area contributed by atoms with Crippen LogP contribution in [0.3, 0.4) is 0 Å². The molecule has 2 aliphatic rings. The van der Waals surface area contributed by atoms with Gasteiger partial charge < -0.3 is 20.0 Å². The summed E-state index contributed by atoms with van der Waals surface area (Å²) in [5.41, 5.74) is 1.97. The van der Waals surface area contributed by atoms with Crippen molar-refractivity contribution >= 4 is 17.6 Å². The highest BCUT2D eigenvalue weighted by molar-refractivity contribution is 5.90. The van der Waals surface area contributed by atoms with E-state index in [1.165, 1.54) is 5.56 Å². The summed E-state index contributed by atoms with van der Waals surface area (Å²) in [6.07, 6.45) is 4.27. The lowest BCUT2D eigenvalue weighted by Crippen LogP contribution is -2.34. The molecule has 1 aromatic heterocycles. The third-order valence-electron chi connectivity index (χ3n) is 5.78. The molecule has 2 N–H and O–H groups in total. The summed E-state index contributed by atoms with van der Waals surface area (Å²) in [6.45, 7) is 3.85. The second-order valence-electron chi connectivity index (χ2n) is 7.57. The zero-order valence-corrected chi connectivity index (χ0v) is 15.5. The smallest absolute Gasteiger partial charge is 0.321 e. The molecule has 142 valence electrons. The first-order valence-corrected chi connectivity index (χ1v) is 9.54. The molecule has 1 saturated carbocycles. The normalized spacial score (nSPS) is 23.4. The van der Waals surface area contributed by atoms with Crippen molar-refractivity contribution in [3.63, 3.8) is 0 Å². The Morgan fingerprint density at radius 3 is 2.96 bits per heavy atom. The number of benzene rings is 1. The second kappa shape index (κ2) is 7.10. The Labute approximate surface area is 158 Å². The Kier molecular flexibility index (Phi) is 4.64. The van der Waals surface area contributed by atoms with Crippen LogP contribution in [-0.4, -0.2) is 29.9 Å². The molecule has 0 radical (unpaired) electrons. The molecular formula is C21H25N3O3. The fourth-order valence-electron chi connectivity index (χ4n) is 4.02. The molecule has 2 unspecified atom stereocenters. The predicted molar refractivity (Wildman–Crippen MR) is 102 cm³/mol. The number of anilines is 1. The van der Waals surface area contributed by atoms with Crippen LogP contribution in [0.2, 0.25) is 0 Å². The van der Waals surface area contributed by atoms with Crippen molar-refractivity contribution in [2.75, 3.05) is 18.4 Å². The number of furan rings is 1. The summed E-state index contributed by atoms with van der Waals surface area (Å²) >= 11 is 0. The lowest BCUT2D eigenvalue weighted by molar-refractivity contribution is -0.123. The van der Waals surface area contributed by atoms with E-state index in [2.05, 4.69) is 23.6 Å². The number of hydrogen-bond donors (Lipinski definition) is 2. The molecule has 1 aliphatic carbocycles. The van der Waals surface area contributed by atoms with Gasteiger partial charge in [0.15, 0.2) is 0 Å². The molecule has 2 fully saturated rings. The number of likely N-dealkylation sites (tertiary alicyclic amines) is 1. The Morgan fingerprint density at radius 1 is 1.30 bits per heavy atom. The van der Waals surface area contributed by atoms with E-state index in [-0.39, 0.29) is 23.3 Å². The van der Waals surface area contributed by atoms with Crippen molar-refractivity contribution in [1.29, 1.82) is 0 Å². The highest BCUT2D eigenvalue weighted by Crippen LogP contribution is 2.58. The van der Waals surface area contributed by atoms with E-state index < -0.39 is 0 Å². The highest BCUT2D eigenvalue weighted by atomic mass is 16.3. The quantitative estimate of drug-likeness (QED) is 0.850. The van der Waals surface area contributed by atoms with Gasteiger partial charge in [-0.25, -0.2) is 4.79 Å². The van der Waals surface area contributed by atoms with Crippen LogP contribution in [0.15, 0.2) is 47.1 Å². The number of carbonyl (C=O) groups is 2. The lowest BCUT2D eigenvalue weighted by atomic mass is 10.0. The Hall–Kier alpha value is -2.76. The van der Waals surface area contributed by atoms with Gasteiger partial charge in [0.25, 0.3) is 0 Å². The number of hydrogen-bond acceptors (Lipinski definition) is 3. The molecule has 0 bridgehead atoms. The van der Waals surface area contributed by atoms with Crippen LogP contribution in [0, 0.1) is 11.3 Å². The van der Waals surface area contributed by atoms with Crippen molar-refractivity contribution in [3.8, 4) is 0 Å². The number of aryl methyl sites for hydroxylation is 1. The van der Waals surface area contributed by atoms with Crippen molar-refractivity contribution in [1.82, 2.24) is 10.2 Å². The van der Waals surface area contributed by atoms with Gasteiger partial charge in [-0.3, -0.25) is 4.79 Å². The molecule has 4 rings (SSSR count). The van der Waals surface area contributed by atoms with Crippen LogP contribution in [0.4, 0.5) is 10.5 Å². The molecule has 1 aromatic carbocycles. The predicted octanol–water partition coefficient (Wildman–Crippen LogP) is 3.40. The minimum Gasteiger partial charge on any atom is -0.467 e. The van der Waals surface area contributed by atoms with Gasteiger partial charge in [-0.05, 0) is 49.1 Å². The summed E-state index contributed by atoms with van der Waals surface area (Å²) in [6, 6.07) is 11.5. The first kappa shape index (κ1) is 17.6. The average molecular weight is 367 g/mol. The van der Waals surface area contributed by atoms with Crippen LogP contribution >= 0.6 is 0 Å². The van der Waals surface area contributed by atoms with E-state index in [1.54, 1.807) is 6.26 Å². The zero-order chi connectivity index (χ0) is 18.9. The number of carbonyl (C=O) groups excluding carboxylic acids is 2. The van der Waals surface area contributed by atoms with Crippen LogP contribution in [0.5, 0.6) is 0 Å². The van der Waals surface area contributed by atoms with E-state index >= 15 is 0 Å². The summed E-state index contributed by atoms with van der Waals surface area (Å²) in [5, 5.41) is 5.93. The van der Waals surface area contributed by atoms with Crippen LogP contribution in [0.25, 0.3) is 0 Å². The standard InChI is InChI=1S/C21H25N3O3/c1-2-15-5-3-6-16(11-15)23-20(26)24-9-8-21(14-24)12-18(21)19(25)22-13-17-7-4-10-27-17/h3-7,10-11,18H,2,8-9,12-14H2,1H3,(H,22,25)(H,23,26). The molecule has 2 atom stereocenters. The van der Waals surface area contributed by atoms with Crippen molar-refractivity contribution in [2.24, 2.45) is 11.3 Å². The van der Waals surface area contributed by atoms with Gasteiger partial charge in [0.2, 0.25) is 5.91 Å². The number of nitrogens with zero attached hydrogens (tertiary/aromatic N) is 1. The van der Waals surface area contributed by atoms with E-state index in [9.17, 15) is 9.59 Å². The van der Waals surface area contributed by atoms with E-state index in [1.807, 2.05) is 35.2 Å². The first-order valence-electron chi connectivity index (χ1n) is 9.54. The molecular weight excluding hydrogens is 342 g/mol. The SMILES string of the molecule is CCc1cccc(NC(=O)N2CCC3(CC3C(=O)NCc3ccco3)C2)c1. The topological polar surface area (TPSA) is 74.6 Å². The van der Waals surface area contributed by atoms with Crippen molar-refractivity contribution in [2.45, 2.75) is 32.7 Å². The van der Waals surface area contributed by atoms with Gasteiger partial charge in [0.05, 0.1) is 12.8 Å². The molecule has 1 saturated heterocycles. The maximum atomic E-state index is 12.6. The average Bonchev–Trinajstić information content (AvgIpc) is 3.02. The molecule has 3 amide bonds. The third-order valence-corrected chi connectivity index (χ3v) is 5.78. The van der Waals surface area contributed by atoms with E-state index in [4.69, 9.17) is 4.42 Å². The van der Waals surface area contributed by atoms with Crippen LogP contribution in [-0.2, 0) is 17.8 Å². The lowest BCUT2D eigenvalue weighted by Gasteiger charge is -2.18. The zero-order valence-electron chi connectivity index (χ0n) is 15.5. The molecule has 2 heterocycles. The fourth-order valence-corrected chi connectivity index (χ4v) is 4.02. The fraction of sp³-hybridized carbons (Fsp3) is 0.429. The third kappa shape index (κ3) is 3.70. The highest BCUT2D eigenvalue weighted by Gasteiger charge is 2.61. The van der Waals surface area contributed by atoms with Gasteiger partial charge in [-0.2, -0.15) is 0 Å². The van der Waals surface area contributed by atoms with Gasteiger partial charge >= 0.3 is 6.03 Å². The Bertz CT molecular complexity index is 833. The van der Waals surface area contributed by atoms with E-state index in [0.29, 0.717) is 19.6 Å². The summed E-state index contributed by atoms with van der Waals surface area (Å²) in [7, 11) is 0. The number of rotatable bonds is 5. The van der Waals surface area contributed by atoms with Crippen LogP contribution < -0.4 is 10.6 Å². The van der Waals surface area contributed by atoms with Gasteiger partial charge in [-0.1, -0.05) is 19.1 Å². The minimum atomic E-state index is -0.0817. The molecule has 27 heavy (non-hydrogen) atoms. The van der Waals surface area contributed by atoms with E-state index in [0.717, 1.165) is 30.7 Å². The second-order valence-corrected chi connectivity index (χ2v) is 7.57. The van der Waals surface area contributed by atoms with Gasteiger partial charge in [0.1, 0.15) is 5.76 Å². The van der Waals surface area contributed by atoms with Gasteiger partial charge in [-0.15, -0.1) is 0 Å².